The highest BCUT2D eigenvalue weighted by molar-refractivity contribution is 9.10. The standard InChI is InChI=1S/C12H16BrFN2O/c1-3-15-8(2)6-12(17)16-11-5-4-9(13)7-10(11)14/h4-5,7-8,15H,3,6H2,1-2H3,(H,16,17). The van der Waals surface area contributed by atoms with Crippen LogP contribution >= 0.6 is 15.9 Å². The molecule has 0 aliphatic heterocycles. The molecule has 0 spiro atoms. The SMILES string of the molecule is CCNC(C)CC(=O)Nc1ccc(Br)cc1F. The molecular weight excluding hydrogens is 287 g/mol. The van der Waals surface area contributed by atoms with Gasteiger partial charge < -0.3 is 10.6 Å². The van der Waals surface area contributed by atoms with Gasteiger partial charge in [-0.25, -0.2) is 4.39 Å². The monoisotopic (exact) mass is 302 g/mol. The summed E-state index contributed by atoms with van der Waals surface area (Å²) in [5, 5.41) is 5.68. The lowest BCUT2D eigenvalue weighted by Gasteiger charge is -2.12. The van der Waals surface area contributed by atoms with Gasteiger partial charge in [-0.3, -0.25) is 4.79 Å². The molecule has 0 aliphatic rings. The minimum absolute atomic E-state index is 0.0820. The average molecular weight is 303 g/mol. The molecule has 1 atom stereocenters. The van der Waals surface area contributed by atoms with Crippen LogP contribution in [-0.2, 0) is 4.79 Å². The smallest absolute Gasteiger partial charge is 0.226 e. The summed E-state index contributed by atoms with van der Waals surface area (Å²) in [6.45, 7) is 4.70. The molecule has 3 nitrogen and oxygen atoms in total. The third-order valence-electron chi connectivity index (χ3n) is 2.25. The van der Waals surface area contributed by atoms with Gasteiger partial charge in [-0.05, 0) is 31.7 Å². The van der Waals surface area contributed by atoms with Gasteiger partial charge in [0.25, 0.3) is 0 Å². The molecule has 0 heterocycles. The van der Waals surface area contributed by atoms with Crippen LogP contribution in [-0.4, -0.2) is 18.5 Å². The lowest BCUT2D eigenvalue weighted by Crippen LogP contribution is -2.30. The average Bonchev–Trinajstić information content (AvgIpc) is 2.22. The Bertz CT molecular complexity index is 398. The second-order valence-corrected chi connectivity index (χ2v) is 4.75. The van der Waals surface area contributed by atoms with E-state index < -0.39 is 5.82 Å². The van der Waals surface area contributed by atoms with Gasteiger partial charge in [-0.15, -0.1) is 0 Å². The molecule has 17 heavy (non-hydrogen) atoms. The number of hydrogen-bond acceptors (Lipinski definition) is 2. The summed E-state index contributed by atoms with van der Waals surface area (Å²) in [4.78, 5) is 11.6. The molecule has 94 valence electrons. The first-order valence-electron chi connectivity index (χ1n) is 5.51. The molecule has 0 saturated carbocycles. The van der Waals surface area contributed by atoms with Crippen LogP contribution in [0.1, 0.15) is 20.3 Å². The molecule has 0 bridgehead atoms. The van der Waals surface area contributed by atoms with E-state index in [9.17, 15) is 9.18 Å². The van der Waals surface area contributed by atoms with Crippen LogP contribution in [0.3, 0.4) is 0 Å². The second-order valence-electron chi connectivity index (χ2n) is 3.84. The zero-order valence-electron chi connectivity index (χ0n) is 9.89. The first kappa shape index (κ1) is 14.1. The zero-order chi connectivity index (χ0) is 12.8. The maximum Gasteiger partial charge on any atom is 0.226 e. The van der Waals surface area contributed by atoms with Crippen LogP contribution in [0.5, 0.6) is 0 Å². The van der Waals surface area contributed by atoms with Gasteiger partial charge in [0.1, 0.15) is 5.82 Å². The van der Waals surface area contributed by atoms with Crippen LogP contribution in [0.2, 0.25) is 0 Å². The number of nitrogens with one attached hydrogen (secondary N) is 2. The molecule has 1 aromatic carbocycles. The lowest BCUT2D eigenvalue weighted by atomic mass is 10.2. The summed E-state index contributed by atoms with van der Waals surface area (Å²) in [5.41, 5.74) is 0.210. The highest BCUT2D eigenvalue weighted by Crippen LogP contribution is 2.19. The van der Waals surface area contributed by atoms with E-state index in [1.165, 1.54) is 12.1 Å². The van der Waals surface area contributed by atoms with Gasteiger partial charge in [-0.1, -0.05) is 22.9 Å². The third kappa shape index (κ3) is 4.83. The van der Waals surface area contributed by atoms with E-state index in [0.717, 1.165) is 6.54 Å². The predicted octanol–water partition coefficient (Wildman–Crippen LogP) is 2.91. The first-order valence-corrected chi connectivity index (χ1v) is 6.30. The van der Waals surface area contributed by atoms with E-state index >= 15 is 0 Å². The van der Waals surface area contributed by atoms with Crippen LogP contribution in [0.4, 0.5) is 10.1 Å². The zero-order valence-corrected chi connectivity index (χ0v) is 11.5. The molecular formula is C12H16BrFN2O. The van der Waals surface area contributed by atoms with E-state index in [2.05, 4.69) is 26.6 Å². The number of anilines is 1. The summed E-state index contributed by atoms with van der Waals surface area (Å²) in [6, 6.07) is 4.63. The van der Waals surface area contributed by atoms with Crippen LogP contribution in [0, 0.1) is 5.82 Å². The first-order chi connectivity index (χ1) is 8.02. The fourth-order valence-corrected chi connectivity index (χ4v) is 1.82. The summed E-state index contributed by atoms with van der Waals surface area (Å²) in [6.07, 6.45) is 0.323. The number of carbonyl (C=O) groups is 1. The van der Waals surface area contributed by atoms with Gasteiger partial charge >= 0.3 is 0 Å². The van der Waals surface area contributed by atoms with Crippen molar-refractivity contribution in [2.75, 3.05) is 11.9 Å². The summed E-state index contributed by atoms with van der Waals surface area (Å²) in [5.74, 6) is -0.636. The van der Waals surface area contributed by atoms with Gasteiger partial charge in [0.15, 0.2) is 0 Å². The van der Waals surface area contributed by atoms with Crippen molar-refractivity contribution in [1.82, 2.24) is 5.32 Å². The third-order valence-corrected chi connectivity index (χ3v) is 2.74. The van der Waals surface area contributed by atoms with E-state index in [0.29, 0.717) is 10.9 Å². The molecule has 1 aromatic rings. The number of hydrogen-bond donors (Lipinski definition) is 2. The van der Waals surface area contributed by atoms with Crippen molar-refractivity contribution in [3.63, 3.8) is 0 Å². The predicted molar refractivity (Wildman–Crippen MR) is 70.5 cm³/mol. The van der Waals surface area contributed by atoms with Crippen molar-refractivity contribution >= 4 is 27.5 Å². The van der Waals surface area contributed by atoms with E-state index in [1.807, 2.05) is 13.8 Å². The molecule has 1 amide bonds. The Morgan fingerprint density at radius 2 is 2.24 bits per heavy atom. The number of halogens is 2. The van der Waals surface area contributed by atoms with Crippen molar-refractivity contribution in [2.24, 2.45) is 0 Å². The molecule has 5 heteroatoms. The van der Waals surface area contributed by atoms with E-state index in [1.54, 1.807) is 6.07 Å². The largest absolute Gasteiger partial charge is 0.324 e. The maximum absolute atomic E-state index is 13.4. The van der Waals surface area contributed by atoms with Crippen molar-refractivity contribution in [2.45, 2.75) is 26.3 Å². The van der Waals surface area contributed by atoms with Gasteiger partial charge in [0, 0.05) is 16.9 Å². The quantitative estimate of drug-likeness (QED) is 0.878. The fourth-order valence-electron chi connectivity index (χ4n) is 1.49. The Balaban J connectivity index is 2.56. The minimum atomic E-state index is -0.441. The van der Waals surface area contributed by atoms with Crippen molar-refractivity contribution < 1.29 is 9.18 Å². The Labute approximate surface area is 109 Å². The number of benzene rings is 1. The molecule has 0 aliphatic carbocycles. The fraction of sp³-hybridized carbons (Fsp3) is 0.417. The second kappa shape index (κ2) is 6.71. The Morgan fingerprint density at radius 1 is 1.53 bits per heavy atom. The summed E-state index contributed by atoms with van der Waals surface area (Å²) in [7, 11) is 0. The van der Waals surface area contributed by atoms with Crippen molar-refractivity contribution in [3.8, 4) is 0 Å². The molecule has 0 radical (unpaired) electrons. The Kier molecular flexibility index (Phi) is 5.58. The normalized spacial score (nSPS) is 12.2. The lowest BCUT2D eigenvalue weighted by molar-refractivity contribution is -0.116. The Hall–Kier alpha value is -0.940. The van der Waals surface area contributed by atoms with E-state index in [4.69, 9.17) is 0 Å². The molecule has 2 N–H and O–H groups in total. The molecule has 0 saturated heterocycles. The molecule has 0 fully saturated rings. The summed E-state index contributed by atoms with van der Waals surface area (Å²) >= 11 is 3.16. The highest BCUT2D eigenvalue weighted by Gasteiger charge is 2.10. The van der Waals surface area contributed by atoms with Crippen molar-refractivity contribution in [3.05, 3.63) is 28.5 Å². The van der Waals surface area contributed by atoms with E-state index in [-0.39, 0.29) is 17.6 Å². The van der Waals surface area contributed by atoms with Gasteiger partial charge in [-0.2, -0.15) is 0 Å². The molecule has 0 aromatic heterocycles. The number of carbonyl (C=O) groups excluding carboxylic acids is 1. The number of amides is 1. The van der Waals surface area contributed by atoms with Crippen molar-refractivity contribution in [1.29, 1.82) is 0 Å². The Morgan fingerprint density at radius 3 is 2.82 bits per heavy atom. The van der Waals surface area contributed by atoms with Crippen LogP contribution < -0.4 is 10.6 Å². The summed E-state index contributed by atoms with van der Waals surface area (Å²) < 4.78 is 14.1. The maximum atomic E-state index is 13.4. The van der Waals surface area contributed by atoms with Crippen LogP contribution in [0.25, 0.3) is 0 Å². The molecule has 1 rings (SSSR count). The topological polar surface area (TPSA) is 41.1 Å². The number of rotatable bonds is 5. The van der Waals surface area contributed by atoms with Gasteiger partial charge in [0.2, 0.25) is 5.91 Å². The highest BCUT2D eigenvalue weighted by atomic mass is 79.9. The van der Waals surface area contributed by atoms with Gasteiger partial charge in [0.05, 0.1) is 5.69 Å². The minimum Gasteiger partial charge on any atom is -0.324 e. The van der Waals surface area contributed by atoms with Crippen LogP contribution in [0.15, 0.2) is 22.7 Å². The molecule has 1 unspecified atom stereocenters.